The van der Waals surface area contributed by atoms with Crippen molar-refractivity contribution in [2.45, 2.75) is 50.3 Å². The van der Waals surface area contributed by atoms with Crippen LogP contribution in [0.25, 0.3) is 0 Å². The van der Waals surface area contributed by atoms with Crippen LogP contribution in [0.4, 0.5) is 0 Å². The number of aryl methyl sites for hydroxylation is 1. The summed E-state index contributed by atoms with van der Waals surface area (Å²) in [6.07, 6.45) is 4.82. The van der Waals surface area contributed by atoms with Gasteiger partial charge in [-0.2, -0.15) is 4.31 Å². The van der Waals surface area contributed by atoms with E-state index >= 15 is 0 Å². The maximum atomic E-state index is 12.7. The molecule has 1 aliphatic heterocycles. The monoisotopic (exact) mass is 365 g/mol. The molecule has 1 fully saturated rings. The van der Waals surface area contributed by atoms with E-state index < -0.39 is 10.0 Å². The van der Waals surface area contributed by atoms with Crippen LogP contribution in [0.5, 0.6) is 0 Å². The summed E-state index contributed by atoms with van der Waals surface area (Å²) in [6, 6.07) is 6.82. The molecule has 2 rings (SSSR count). The molecule has 0 aromatic heterocycles. The first-order chi connectivity index (χ1) is 11.9. The van der Waals surface area contributed by atoms with Crippen molar-refractivity contribution in [2.24, 2.45) is 0 Å². The summed E-state index contributed by atoms with van der Waals surface area (Å²) in [7, 11) is -3.42. The van der Waals surface area contributed by atoms with Gasteiger partial charge in [0.15, 0.2) is 0 Å². The van der Waals surface area contributed by atoms with E-state index in [1.54, 1.807) is 35.5 Å². The summed E-state index contributed by atoms with van der Waals surface area (Å²) in [5.41, 5.74) is 1.72. The third kappa shape index (κ3) is 5.97. The first-order valence-corrected chi connectivity index (χ1v) is 10.2. The van der Waals surface area contributed by atoms with Crippen molar-refractivity contribution in [2.75, 3.05) is 19.7 Å². The summed E-state index contributed by atoms with van der Waals surface area (Å²) in [4.78, 5) is 11.9. The van der Waals surface area contributed by atoms with Gasteiger partial charge in [-0.05, 0) is 49.5 Å². The third-order valence-corrected chi connectivity index (χ3v) is 6.14. The molecule has 0 bridgehead atoms. The standard InChI is InChI=1S/C19H27NO4S/c1-16(2)15-24-19(21)12-9-17-7-10-18(11-8-17)25(22,23)20-13-5-3-4-6-14-20/h7-8,10-11H,1,3-6,9,12-15H2,2H3. The van der Waals surface area contributed by atoms with Crippen LogP contribution in [-0.2, 0) is 26.0 Å². The van der Waals surface area contributed by atoms with Gasteiger partial charge < -0.3 is 4.74 Å². The molecular weight excluding hydrogens is 338 g/mol. The molecule has 0 aliphatic carbocycles. The van der Waals surface area contributed by atoms with Crippen molar-refractivity contribution >= 4 is 16.0 Å². The molecule has 0 unspecified atom stereocenters. The van der Waals surface area contributed by atoms with E-state index in [-0.39, 0.29) is 19.0 Å². The SMILES string of the molecule is C=C(C)COC(=O)CCc1ccc(S(=O)(=O)N2CCCCCC2)cc1. The number of benzene rings is 1. The van der Waals surface area contributed by atoms with Gasteiger partial charge in [-0.25, -0.2) is 8.42 Å². The van der Waals surface area contributed by atoms with Crippen LogP contribution in [0.3, 0.4) is 0 Å². The van der Waals surface area contributed by atoms with Crippen LogP contribution >= 0.6 is 0 Å². The van der Waals surface area contributed by atoms with Gasteiger partial charge in [-0.15, -0.1) is 0 Å². The number of nitrogens with zero attached hydrogens (tertiary/aromatic N) is 1. The smallest absolute Gasteiger partial charge is 0.306 e. The minimum absolute atomic E-state index is 0.242. The molecule has 1 aromatic carbocycles. The van der Waals surface area contributed by atoms with Crippen molar-refractivity contribution in [3.05, 3.63) is 42.0 Å². The highest BCUT2D eigenvalue weighted by Crippen LogP contribution is 2.21. The molecule has 5 nitrogen and oxygen atoms in total. The number of carbonyl (C=O) groups is 1. The molecule has 0 radical (unpaired) electrons. The predicted molar refractivity (Wildman–Crippen MR) is 97.8 cm³/mol. The highest BCUT2D eigenvalue weighted by atomic mass is 32.2. The van der Waals surface area contributed by atoms with E-state index in [1.165, 1.54) is 0 Å². The van der Waals surface area contributed by atoms with E-state index in [2.05, 4.69) is 6.58 Å². The molecule has 1 heterocycles. The fourth-order valence-corrected chi connectivity index (χ4v) is 4.30. The Labute approximate surface area is 150 Å². The molecule has 6 heteroatoms. The summed E-state index contributed by atoms with van der Waals surface area (Å²) in [5, 5.41) is 0. The third-order valence-electron chi connectivity index (χ3n) is 4.22. The lowest BCUT2D eigenvalue weighted by Crippen LogP contribution is -2.31. The first kappa shape index (κ1) is 19.7. The van der Waals surface area contributed by atoms with Crippen LogP contribution in [-0.4, -0.2) is 38.4 Å². The van der Waals surface area contributed by atoms with Crippen molar-refractivity contribution in [1.82, 2.24) is 4.31 Å². The van der Waals surface area contributed by atoms with Crippen molar-refractivity contribution < 1.29 is 17.9 Å². The zero-order chi connectivity index (χ0) is 18.3. The maximum Gasteiger partial charge on any atom is 0.306 e. The van der Waals surface area contributed by atoms with Crippen LogP contribution in [0, 0.1) is 0 Å². The van der Waals surface area contributed by atoms with Crippen molar-refractivity contribution in [1.29, 1.82) is 0 Å². The van der Waals surface area contributed by atoms with Crippen molar-refractivity contribution in [3.63, 3.8) is 0 Å². The quantitative estimate of drug-likeness (QED) is 0.549. The Morgan fingerprint density at radius 3 is 2.28 bits per heavy atom. The largest absolute Gasteiger partial charge is 0.461 e. The zero-order valence-electron chi connectivity index (χ0n) is 14.9. The fourth-order valence-electron chi connectivity index (χ4n) is 2.78. The molecular formula is C19H27NO4S. The van der Waals surface area contributed by atoms with E-state index in [4.69, 9.17) is 4.74 Å². The van der Waals surface area contributed by atoms with E-state index in [1.807, 2.05) is 0 Å². The summed E-state index contributed by atoms with van der Waals surface area (Å²) >= 11 is 0. The highest BCUT2D eigenvalue weighted by molar-refractivity contribution is 7.89. The van der Waals surface area contributed by atoms with Crippen LogP contribution < -0.4 is 0 Å². The van der Waals surface area contributed by atoms with E-state index in [9.17, 15) is 13.2 Å². The Bertz CT molecular complexity index is 687. The van der Waals surface area contributed by atoms with Crippen LogP contribution in [0.15, 0.2) is 41.3 Å². The molecule has 1 aromatic rings. The lowest BCUT2D eigenvalue weighted by atomic mass is 10.1. The molecule has 0 atom stereocenters. The molecule has 0 spiro atoms. The number of esters is 1. The van der Waals surface area contributed by atoms with E-state index in [0.29, 0.717) is 24.4 Å². The second-order valence-corrected chi connectivity index (χ2v) is 8.52. The van der Waals surface area contributed by atoms with Crippen molar-refractivity contribution in [3.8, 4) is 0 Å². The Balaban J connectivity index is 1.94. The Kier molecular flexibility index (Phi) is 7.20. The first-order valence-electron chi connectivity index (χ1n) is 8.78. The number of carbonyl (C=O) groups excluding carboxylic acids is 1. The average Bonchev–Trinajstić information content (AvgIpc) is 2.88. The normalized spacial score (nSPS) is 16.2. The van der Waals surface area contributed by atoms with Gasteiger partial charge in [0.2, 0.25) is 10.0 Å². The second kappa shape index (κ2) is 9.15. The number of rotatable bonds is 7. The van der Waals surface area contributed by atoms with Gasteiger partial charge in [0, 0.05) is 19.5 Å². The molecule has 0 N–H and O–H groups in total. The topological polar surface area (TPSA) is 63.7 Å². The van der Waals surface area contributed by atoms with Crippen LogP contribution in [0.2, 0.25) is 0 Å². The molecule has 138 valence electrons. The number of sulfonamides is 1. The highest BCUT2D eigenvalue weighted by Gasteiger charge is 2.24. The number of hydrogen-bond donors (Lipinski definition) is 0. The lowest BCUT2D eigenvalue weighted by Gasteiger charge is -2.20. The molecule has 0 saturated carbocycles. The van der Waals surface area contributed by atoms with Gasteiger partial charge >= 0.3 is 5.97 Å². The lowest BCUT2D eigenvalue weighted by molar-refractivity contribution is -0.142. The second-order valence-electron chi connectivity index (χ2n) is 6.58. The minimum Gasteiger partial charge on any atom is -0.461 e. The minimum atomic E-state index is -3.42. The Hall–Kier alpha value is -1.66. The summed E-state index contributed by atoms with van der Waals surface area (Å²) < 4.78 is 32.1. The van der Waals surface area contributed by atoms with Gasteiger partial charge in [-0.3, -0.25) is 4.79 Å². The average molecular weight is 365 g/mol. The summed E-state index contributed by atoms with van der Waals surface area (Å²) in [5.74, 6) is -0.274. The number of ether oxygens (including phenoxy) is 1. The number of hydrogen-bond acceptors (Lipinski definition) is 4. The molecule has 1 saturated heterocycles. The van der Waals surface area contributed by atoms with Gasteiger partial charge in [0.1, 0.15) is 6.61 Å². The zero-order valence-corrected chi connectivity index (χ0v) is 15.7. The Morgan fingerprint density at radius 2 is 1.72 bits per heavy atom. The Morgan fingerprint density at radius 1 is 1.12 bits per heavy atom. The molecule has 25 heavy (non-hydrogen) atoms. The fraction of sp³-hybridized carbons (Fsp3) is 0.526. The van der Waals surface area contributed by atoms with Crippen LogP contribution in [0.1, 0.15) is 44.6 Å². The molecule has 0 amide bonds. The van der Waals surface area contributed by atoms with E-state index in [0.717, 1.165) is 36.8 Å². The summed E-state index contributed by atoms with van der Waals surface area (Å²) in [6.45, 7) is 6.92. The van der Waals surface area contributed by atoms with Gasteiger partial charge in [-0.1, -0.05) is 31.6 Å². The van der Waals surface area contributed by atoms with Gasteiger partial charge in [0.25, 0.3) is 0 Å². The maximum absolute atomic E-state index is 12.7. The molecule has 1 aliphatic rings. The predicted octanol–water partition coefficient (Wildman–Crippen LogP) is 3.30. The van der Waals surface area contributed by atoms with Gasteiger partial charge in [0.05, 0.1) is 4.90 Å².